The third-order valence-electron chi connectivity index (χ3n) is 10.7. The smallest absolute Gasteiger partial charge is 0.00199 e. The second-order valence-corrected chi connectivity index (χ2v) is 13.3. The molecule has 0 atom stereocenters. The van der Waals surface area contributed by atoms with Gasteiger partial charge in [-0.2, -0.15) is 0 Å². The van der Waals surface area contributed by atoms with Crippen molar-refractivity contribution in [1.29, 1.82) is 0 Å². The van der Waals surface area contributed by atoms with Gasteiger partial charge in [0.2, 0.25) is 0 Å². The second kappa shape index (κ2) is 9.64. The summed E-state index contributed by atoms with van der Waals surface area (Å²) in [5.74, 6) is 0. The van der Waals surface area contributed by atoms with Crippen molar-refractivity contribution in [3.63, 3.8) is 0 Å². The zero-order chi connectivity index (χ0) is 31.3. The highest BCUT2D eigenvalue weighted by Gasteiger charge is 2.18. The average Bonchev–Trinajstić information content (AvgIpc) is 3.15. The van der Waals surface area contributed by atoms with Gasteiger partial charge in [-0.1, -0.05) is 140 Å². The van der Waals surface area contributed by atoms with Crippen molar-refractivity contribution in [2.24, 2.45) is 0 Å². The molecule has 0 aromatic heterocycles. The largest absolute Gasteiger partial charge is 0.0616 e. The van der Waals surface area contributed by atoms with Crippen molar-refractivity contribution in [2.45, 2.75) is 0 Å². The molecule has 0 saturated heterocycles. The Balaban J connectivity index is 1.35. The van der Waals surface area contributed by atoms with Crippen molar-refractivity contribution < 1.29 is 0 Å². The molecule has 0 saturated carbocycles. The van der Waals surface area contributed by atoms with Crippen molar-refractivity contribution in [3.8, 4) is 22.3 Å². The van der Waals surface area contributed by atoms with Crippen LogP contribution in [0, 0.1) is 0 Å². The molecule has 0 bridgehead atoms. The molecule has 0 unspecified atom stereocenters. The Morgan fingerprint density at radius 3 is 1.40 bits per heavy atom. The van der Waals surface area contributed by atoms with E-state index >= 15 is 0 Å². The summed E-state index contributed by atoms with van der Waals surface area (Å²) >= 11 is 0. The maximum absolute atomic E-state index is 2.46. The molecule has 0 aliphatic carbocycles. The van der Waals surface area contributed by atoms with Crippen molar-refractivity contribution in [1.82, 2.24) is 0 Å². The van der Waals surface area contributed by atoms with Crippen LogP contribution in [0.4, 0.5) is 0 Å². The third kappa shape index (κ3) is 3.60. The molecule has 11 rings (SSSR count). The van der Waals surface area contributed by atoms with Gasteiger partial charge in [-0.05, 0) is 139 Å². The first-order valence-electron chi connectivity index (χ1n) is 16.8. The van der Waals surface area contributed by atoms with Crippen molar-refractivity contribution in [3.05, 3.63) is 170 Å². The van der Waals surface area contributed by atoms with E-state index in [0.717, 1.165) is 0 Å². The van der Waals surface area contributed by atoms with E-state index in [1.165, 1.54) is 108 Å². The summed E-state index contributed by atoms with van der Waals surface area (Å²) in [6.45, 7) is 0. The lowest BCUT2D eigenvalue weighted by molar-refractivity contribution is 1.69. The van der Waals surface area contributed by atoms with E-state index in [2.05, 4.69) is 170 Å². The van der Waals surface area contributed by atoms with E-state index < -0.39 is 0 Å². The van der Waals surface area contributed by atoms with E-state index in [4.69, 9.17) is 0 Å². The Morgan fingerprint density at radius 1 is 0.208 bits per heavy atom. The molecule has 0 radical (unpaired) electrons. The van der Waals surface area contributed by atoms with E-state index in [1.54, 1.807) is 0 Å². The maximum atomic E-state index is 2.46. The molecule has 220 valence electrons. The number of fused-ring (bicyclic) bond motifs is 4. The van der Waals surface area contributed by atoms with Crippen LogP contribution in [0.1, 0.15) is 0 Å². The van der Waals surface area contributed by atoms with Gasteiger partial charge in [0.1, 0.15) is 0 Å². The SMILES string of the molecule is c1ccc2cc(-c3cc4ccc5cccc6c7cc(-c8cccc9ccccc89)cc8ccc9cccc(c(c3)c4c56)c9c87)ccc2c1. The minimum Gasteiger partial charge on any atom is -0.0616 e. The fourth-order valence-electron chi connectivity index (χ4n) is 8.53. The molecular formula is C48H28. The van der Waals surface area contributed by atoms with Crippen LogP contribution in [0.15, 0.2) is 170 Å². The second-order valence-electron chi connectivity index (χ2n) is 13.3. The first-order valence-corrected chi connectivity index (χ1v) is 16.8. The van der Waals surface area contributed by atoms with Crippen LogP contribution >= 0.6 is 0 Å². The highest BCUT2D eigenvalue weighted by Crippen LogP contribution is 2.46. The minimum atomic E-state index is 1.24. The quantitative estimate of drug-likeness (QED) is 0.172. The van der Waals surface area contributed by atoms with Gasteiger partial charge >= 0.3 is 0 Å². The summed E-state index contributed by atoms with van der Waals surface area (Å²) in [4.78, 5) is 0. The molecule has 11 aromatic carbocycles. The molecule has 0 aliphatic heterocycles. The van der Waals surface area contributed by atoms with Gasteiger partial charge in [-0.3, -0.25) is 0 Å². The molecule has 0 fully saturated rings. The molecular weight excluding hydrogens is 577 g/mol. The normalized spacial score (nSPS) is 12.2. The number of hydrogen-bond acceptors (Lipinski definition) is 0. The van der Waals surface area contributed by atoms with E-state index in [9.17, 15) is 0 Å². The van der Waals surface area contributed by atoms with Crippen LogP contribution in [-0.2, 0) is 0 Å². The molecule has 0 nitrogen and oxygen atoms in total. The molecule has 48 heavy (non-hydrogen) atoms. The van der Waals surface area contributed by atoms with Crippen LogP contribution < -0.4 is 0 Å². The maximum Gasteiger partial charge on any atom is -0.00199 e. The average molecular weight is 605 g/mol. The highest BCUT2D eigenvalue weighted by atomic mass is 14.2. The number of rotatable bonds is 2. The molecule has 11 aromatic rings. The minimum absolute atomic E-state index is 1.24. The van der Waals surface area contributed by atoms with Gasteiger partial charge < -0.3 is 0 Å². The van der Waals surface area contributed by atoms with Crippen molar-refractivity contribution >= 4 is 86.2 Å². The Labute approximate surface area is 277 Å². The fraction of sp³-hybridized carbons (Fsp3) is 0. The lowest BCUT2D eigenvalue weighted by Gasteiger charge is -2.18. The molecule has 0 heteroatoms. The summed E-state index contributed by atoms with van der Waals surface area (Å²) in [6.07, 6.45) is 0. The Kier molecular flexibility index (Phi) is 5.20. The van der Waals surface area contributed by atoms with Crippen LogP contribution in [0.3, 0.4) is 0 Å². The van der Waals surface area contributed by atoms with Gasteiger partial charge in [-0.15, -0.1) is 0 Å². The predicted octanol–water partition coefficient (Wildman–Crippen LogP) is 13.7. The Morgan fingerprint density at radius 2 is 0.667 bits per heavy atom. The Hall–Kier alpha value is -6.24. The molecule has 0 heterocycles. The number of benzene rings is 10. The summed E-state index contributed by atoms with van der Waals surface area (Å²) in [5, 5.41) is 20.7. The summed E-state index contributed by atoms with van der Waals surface area (Å²) in [7, 11) is 0. The van der Waals surface area contributed by atoms with Crippen LogP contribution in [0.2, 0.25) is 0 Å². The van der Waals surface area contributed by atoms with Crippen LogP contribution in [0.25, 0.3) is 108 Å². The van der Waals surface area contributed by atoms with E-state index in [1.807, 2.05) is 0 Å². The van der Waals surface area contributed by atoms with Crippen LogP contribution in [0.5, 0.6) is 0 Å². The standard InChI is InChI=1S/C48H28/c1-2-10-33-24-34(21-18-29(33)8-1)37-25-35-22-19-31-13-7-17-42-44-28-38(40-15-5-11-30-9-3-4-14-39(30)40)26-36-23-20-32-12-6-16-41(45(32)48(36)44)43(27-37)47(35)46(31)42/h1-28H. The topological polar surface area (TPSA) is 0 Å². The van der Waals surface area contributed by atoms with Crippen molar-refractivity contribution in [2.75, 3.05) is 0 Å². The van der Waals surface area contributed by atoms with Gasteiger partial charge in [0.05, 0.1) is 0 Å². The zero-order valence-electron chi connectivity index (χ0n) is 26.2. The van der Waals surface area contributed by atoms with Crippen LogP contribution in [-0.4, -0.2) is 0 Å². The molecule has 0 amide bonds. The lowest BCUT2D eigenvalue weighted by Crippen LogP contribution is -1.90. The molecule has 0 aliphatic rings. The third-order valence-corrected chi connectivity index (χ3v) is 10.7. The first kappa shape index (κ1) is 25.9. The van der Waals surface area contributed by atoms with Gasteiger partial charge in [-0.25, -0.2) is 0 Å². The summed E-state index contributed by atoms with van der Waals surface area (Å²) < 4.78 is 0. The zero-order valence-corrected chi connectivity index (χ0v) is 26.2. The summed E-state index contributed by atoms with van der Waals surface area (Å²) in [5.41, 5.74) is 5.01. The van der Waals surface area contributed by atoms with E-state index in [-0.39, 0.29) is 0 Å². The molecule has 0 spiro atoms. The summed E-state index contributed by atoms with van der Waals surface area (Å²) in [6, 6.07) is 63.6. The first-order chi connectivity index (χ1) is 23.8. The predicted molar refractivity (Wildman–Crippen MR) is 209 cm³/mol. The lowest BCUT2D eigenvalue weighted by atomic mass is 9.85. The molecule has 0 N–H and O–H groups in total. The Bertz CT molecular complexity index is 3100. The highest BCUT2D eigenvalue weighted by molar-refractivity contribution is 6.37. The number of hydrogen-bond donors (Lipinski definition) is 0. The fourth-order valence-corrected chi connectivity index (χ4v) is 8.53. The monoisotopic (exact) mass is 604 g/mol. The van der Waals surface area contributed by atoms with E-state index in [0.29, 0.717) is 0 Å². The van der Waals surface area contributed by atoms with Gasteiger partial charge in [0.25, 0.3) is 0 Å². The van der Waals surface area contributed by atoms with Gasteiger partial charge in [0, 0.05) is 0 Å². The van der Waals surface area contributed by atoms with Gasteiger partial charge in [0.15, 0.2) is 0 Å².